The van der Waals surface area contributed by atoms with Crippen molar-refractivity contribution in [2.45, 2.75) is 37.4 Å². The Kier molecular flexibility index (Phi) is 2.39. The number of amides is 3. The van der Waals surface area contributed by atoms with Crippen LogP contribution in [0.2, 0.25) is 0 Å². The molecular weight excluding hydrogens is 248 g/mol. The number of halogens is 1. The highest BCUT2D eigenvalue weighted by Crippen LogP contribution is 2.36. The second-order valence-electron chi connectivity index (χ2n) is 4.22. The molecule has 0 saturated carbocycles. The Bertz CT molecular complexity index is 462. The van der Waals surface area contributed by atoms with Crippen molar-refractivity contribution in [1.82, 2.24) is 10.2 Å². The van der Waals surface area contributed by atoms with Gasteiger partial charge in [0.15, 0.2) is 11.9 Å². The predicted octanol–water partition coefficient (Wildman–Crippen LogP) is -1.27. The summed E-state index contributed by atoms with van der Waals surface area (Å²) in [5.74, 6) is -0.577. The van der Waals surface area contributed by atoms with E-state index in [1.54, 1.807) is 0 Å². The number of aliphatic hydroxyl groups excluding tert-OH is 2. The third kappa shape index (κ3) is 1.96. The number of nitrogens with zero attached hydrogens (tertiary/aromatic N) is 1. The van der Waals surface area contributed by atoms with Gasteiger partial charge in [0.2, 0.25) is 5.91 Å². The fourth-order valence-electron chi connectivity index (χ4n) is 2.00. The summed E-state index contributed by atoms with van der Waals surface area (Å²) in [5, 5.41) is 20.8. The Labute approximate surface area is 107 Å². The number of nitrogens with one attached hydrogen (secondary N) is 1. The smallest absolute Gasteiger partial charge is 0.326 e. The van der Waals surface area contributed by atoms with E-state index in [4.69, 9.17) is 14.0 Å². The Morgan fingerprint density at radius 2 is 2.44 bits per heavy atom. The summed E-state index contributed by atoms with van der Waals surface area (Å²) in [6, 6.07) is -1.01. The van der Waals surface area contributed by atoms with Crippen LogP contribution in [0.15, 0.2) is 0 Å². The van der Waals surface area contributed by atoms with Gasteiger partial charge in [0.25, 0.3) is 0 Å². The van der Waals surface area contributed by atoms with Crippen LogP contribution < -0.4 is 5.32 Å². The van der Waals surface area contributed by atoms with Crippen molar-refractivity contribution in [3.8, 4) is 0 Å². The van der Waals surface area contributed by atoms with Gasteiger partial charge in [0.1, 0.15) is 12.2 Å². The van der Waals surface area contributed by atoms with Crippen LogP contribution in [0.5, 0.6) is 0 Å². The van der Waals surface area contributed by atoms with Crippen LogP contribution in [-0.2, 0) is 9.53 Å². The van der Waals surface area contributed by atoms with Gasteiger partial charge < -0.3 is 14.9 Å². The highest BCUT2D eigenvalue weighted by Gasteiger charge is 2.57. The molecule has 3 amide bonds. The zero-order valence-corrected chi connectivity index (χ0v) is 9.30. The minimum Gasteiger partial charge on any atom is -0.394 e. The molecule has 0 aliphatic carbocycles. The van der Waals surface area contributed by atoms with E-state index in [9.17, 15) is 14.7 Å². The Balaban J connectivity index is 2.36. The first kappa shape index (κ1) is 9.65. The molecule has 7 nitrogen and oxygen atoms in total. The van der Waals surface area contributed by atoms with E-state index < -0.39 is 49.5 Å². The average Bonchev–Trinajstić information content (AvgIpc) is 2.63. The van der Waals surface area contributed by atoms with Gasteiger partial charge in [-0.1, -0.05) is 0 Å². The largest absolute Gasteiger partial charge is 0.394 e. The Morgan fingerprint density at radius 1 is 1.72 bits per heavy atom. The number of carbonyl (C=O) groups is 2. The summed E-state index contributed by atoms with van der Waals surface area (Å²) in [4.78, 5) is 23.5. The monoisotopic (exact) mass is 266 g/mol. The lowest BCUT2D eigenvalue weighted by Gasteiger charge is -2.35. The number of ether oxygens (including phenoxy) is 1. The lowest BCUT2D eigenvalue weighted by atomic mass is 10.0. The van der Waals surface area contributed by atoms with Crippen LogP contribution in [0.4, 0.5) is 9.18 Å². The Hall–Kier alpha value is -1.25. The molecule has 2 aliphatic heterocycles. The molecule has 0 radical (unpaired) electrons. The van der Waals surface area contributed by atoms with Crippen LogP contribution >= 0.6 is 0 Å². The first-order valence-corrected chi connectivity index (χ1v) is 5.36. The topological polar surface area (TPSA) is 99.1 Å². The summed E-state index contributed by atoms with van der Waals surface area (Å²) >= 11 is 0. The molecule has 2 fully saturated rings. The van der Waals surface area contributed by atoms with Gasteiger partial charge in [-0.05, 0) is 6.85 Å². The van der Waals surface area contributed by atoms with Crippen molar-refractivity contribution < 1.29 is 33.0 Å². The molecule has 0 aromatic rings. The zero-order chi connectivity index (χ0) is 16.0. The maximum absolute atomic E-state index is 15.0. The zero-order valence-electron chi connectivity index (χ0n) is 12.3. The van der Waals surface area contributed by atoms with Crippen LogP contribution in [0, 0.1) is 0 Å². The number of carbonyl (C=O) groups excluding carboxylic acids is 2. The van der Waals surface area contributed by atoms with E-state index >= 15 is 4.39 Å². The number of hydrogen-bond acceptors (Lipinski definition) is 5. The number of rotatable bonds is 2. The maximum Gasteiger partial charge on any atom is 0.326 e. The standard InChI is InChI=1S/C10H15FN2O5/c1-10(11)7(16)5(4-14)18-8(10)13-3-2-6(15)12-9(13)17/h5,7-8,14,16H,2-4H2,1H3,(H,12,15,17)/t5-,7-,8-,10-/m1/s1/i1+1D3. The molecule has 102 valence electrons. The SMILES string of the molecule is [2H][13C]([2H])([2H])[C@@]1(F)[C@H](O)[C@@H](CO)O[C@H]1N1CCC(=O)NC1=O. The molecule has 0 spiro atoms. The normalized spacial score (nSPS) is 44.3. The third-order valence-corrected chi connectivity index (χ3v) is 3.00. The predicted molar refractivity (Wildman–Crippen MR) is 56.1 cm³/mol. The summed E-state index contributed by atoms with van der Waals surface area (Å²) in [6.07, 6.45) is -5.69. The van der Waals surface area contributed by atoms with E-state index in [0.717, 1.165) is 0 Å². The Morgan fingerprint density at radius 3 is 3.00 bits per heavy atom. The van der Waals surface area contributed by atoms with Gasteiger partial charge in [-0.2, -0.15) is 0 Å². The third-order valence-electron chi connectivity index (χ3n) is 3.00. The molecule has 0 bridgehead atoms. The van der Waals surface area contributed by atoms with Gasteiger partial charge >= 0.3 is 6.03 Å². The molecule has 0 aromatic heterocycles. The lowest BCUT2D eigenvalue weighted by Crippen LogP contribution is -2.59. The molecule has 2 rings (SSSR count). The molecule has 8 heteroatoms. The first-order chi connectivity index (χ1) is 9.62. The number of imide groups is 1. The molecule has 2 saturated heterocycles. The van der Waals surface area contributed by atoms with Crippen molar-refractivity contribution in [1.29, 1.82) is 0 Å². The second kappa shape index (κ2) is 4.45. The van der Waals surface area contributed by atoms with E-state index in [-0.39, 0.29) is 13.0 Å². The van der Waals surface area contributed by atoms with Gasteiger partial charge in [-0.25, -0.2) is 9.18 Å². The van der Waals surface area contributed by atoms with Crippen molar-refractivity contribution in [2.75, 3.05) is 13.2 Å². The first-order valence-electron chi connectivity index (χ1n) is 6.86. The van der Waals surface area contributed by atoms with Gasteiger partial charge in [-0.3, -0.25) is 15.0 Å². The van der Waals surface area contributed by atoms with Crippen LogP contribution in [0.25, 0.3) is 0 Å². The highest BCUT2D eigenvalue weighted by molar-refractivity contribution is 5.96. The van der Waals surface area contributed by atoms with Crippen LogP contribution in [0.1, 0.15) is 17.4 Å². The number of aliphatic hydroxyl groups is 2. The van der Waals surface area contributed by atoms with Crippen molar-refractivity contribution >= 4 is 11.9 Å². The van der Waals surface area contributed by atoms with E-state index in [1.807, 2.05) is 5.32 Å². The van der Waals surface area contributed by atoms with Gasteiger partial charge in [0, 0.05) is 17.1 Å². The summed E-state index contributed by atoms with van der Waals surface area (Å²) in [7, 11) is 0. The second-order valence-corrected chi connectivity index (χ2v) is 4.22. The fourth-order valence-corrected chi connectivity index (χ4v) is 2.00. The lowest BCUT2D eigenvalue weighted by molar-refractivity contribution is -0.126. The van der Waals surface area contributed by atoms with Crippen LogP contribution in [-0.4, -0.2) is 64.3 Å². The highest BCUT2D eigenvalue weighted by atomic mass is 19.1. The molecule has 18 heavy (non-hydrogen) atoms. The number of urea groups is 1. The summed E-state index contributed by atoms with van der Waals surface area (Å²) < 4.78 is 41.9. The average molecular weight is 266 g/mol. The van der Waals surface area contributed by atoms with Crippen LogP contribution in [0.3, 0.4) is 0 Å². The van der Waals surface area contributed by atoms with Gasteiger partial charge in [-0.15, -0.1) is 0 Å². The molecule has 0 unspecified atom stereocenters. The molecule has 2 aliphatic rings. The maximum atomic E-state index is 15.0. The number of alkyl halides is 1. The minimum atomic E-state index is -3.29. The molecule has 0 aromatic carbocycles. The molecule has 4 atom stereocenters. The molecule has 2 heterocycles. The van der Waals surface area contributed by atoms with Crippen molar-refractivity contribution in [3.63, 3.8) is 0 Å². The fraction of sp³-hybridized carbons (Fsp3) is 0.800. The van der Waals surface area contributed by atoms with Gasteiger partial charge in [0.05, 0.1) is 6.61 Å². The van der Waals surface area contributed by atoms with Crippen molar-refractivity contribution in [2.24, 2.45) is 0 Å². The number of hydrogen-bond donors (Lipinski definition) is 3. The van der Waals surface area contributed by atoms with E-state index in [2.05, 4.69) is 0 Å². The van der Waals surface area contributed by atoms with E-state index in [1.165, 1.54) is 0 Å². The summed E-state index contributed by atoms with van der Waals surface area (Å²) in [5.41, 5.74) is -3.27. The molecule has 3 N–H and O–H groups in total. The van der Waals surface area contributed by atoms with Crippen molar-refractivity contribution in [3.05, 3.63) is 0 Å². The molecular formula is C10H15FN2O5. The minimum absolute atomic E-state index is 0.150. The van der Waals surface area contributed by atoms with E-state index in [0.29, 0.717) is 4.90 Å². The quantitative estimate of drug-likeness (QED) is 0.541. The summed E-state index contributed by atoms with van der Waals surface area (Å²) in [6.45, 7) is -4.35.